The summed E-state index contributed by atoms with van der Waals surface area (Å²) in [6, 6.07) is 1.49. The first-order valence-electron chi connectivity index (χ1n) is 6.98. The molecule has 0 spiro atoms. The molecule has 0 radical (unpaired) electrons. The summed E-state index contributed by atoms with van der Waals surface area (Å²) in [5.41, 5.74) is 0.814. The van der Waals surface area contributed by atoms with Crippen molar-refractivity contribution < 1.29 is 9.59 Å². The van der Waals surface area contributed by atoms with Gasteiger partial charge in [0.1, 0.15) is 11.3 Å². The van der Waals surface area contributed by atoms with Crippen LogP contribution >= 0.6 is 0 Å². The van der Waals surface area contributed by atoms with E-state index in [0.29, 0.717) is 11.2 Å². The van der Waals surface area contributed by atoms with Crippen LogP contribution in [0.25, 0.3) is 5.65 Å². The average Bonchev–Trinajstić information content (AvgIpc) is 3.01. The fourth-order valence-electron chi connectivity index (χ4n) is 2.53. The van der Waals surface area contributed by atoms with Crippen molar-refractivity contribution in [1.82, 2.24) is 24.4 Å². The number of rotatable bonds is 2. The highest BCUT2D eigenvalue weighted by atomic mass is 16.2. The summed E-state index contributed by atoms with van der Waals surface area (Å²) in [5, 5.41) is 4.06. The molecule has 116 valence electrons. The fraction of sp³-hybridized carbons (Fsp3) is 0.429. The number of hydrogen-bond donors (Lipinski definition) is 1. The molecule has 1 N–H and O–H groups in total. The molecule has 8 heteroatoms. The van der Waals surface area contributed by atoms with Gasteiger partial charge >= 0.3 is 0 Å². The van der Waals surface area contributed by atoms with Crippen LogP contribution in [0.2, 0.25) is 0 Å². The second kappa shape index (κ2) is 4.69. The van der Waals surface area contributed by atoms with Gasteiger partial charge in [0.15, 0.2) is 5.69 Å². The van der Waals surface area contributed by atoms with Gasteiger partial charge in [0.25, 0.3) is 17.4 Å². The normalized spacial score (nSPS) is 14.0. The third-order valence-electron chi connectivity index (χ3n) is 3.77. The highest BCUT2D eigenvalue weighted by molar-refractivity contribution is 5.97. The van der Waals surface area contributed by atoms with E-state index < -0.39 is 0 Å². The van der Waals surface area contributed by atoms with Crippen molar-refractivity contribution in [2.24, 2.45) is 0 Å². The Kier molecular flexibility index (Phi) is 3.05. The molecule has 1 aliphatic rings. The Labute approximate surface area is 126 Å². The van der Waals surface area contributed by atoms with Crippen LogP contribution in [0.3, 0.4) is 0 Å². The number of fused-ring (bicyclic) bond motifs is 2. The standard InChI is InChI=1S/C14H17N5O3/c1-7(2)18-6-8-11(14(18)22)15-10-5-9(13(21)17(3)4)16-19(10)12(8)20/h5,7,15H,6H2,1-4H3. The number of nitrogens with zero attached hydrogens (tertiary/aromatic N) is 4. The van der Waals surface area contributed by atoms with Gasteiger partial charge in [-0.1, -0.05) is 0 Å². The number of amides is 2. The number of nitrogens with one attached hydrogen (secondary N) is 1. The van der Waals surface area contributed by atoms with E-state index in [4.69, 9.17) is 0 Å². The monoisotopic (exact) mass is 303 g/mol. The van der Waals surface area contributed by atoms with Gasteiger partial charge in [-0.15, -0.1) is 0 Å². The molecule has 0 unspecified atom stereocenters. The minimum Gasteiger partial charge on any atom is -0.343 e. The summed E-state index contributed by atoms with van der Waals surface area (Å²) in [6.45, 7) is 4.05. The van der Waals surface area contributed by atoms with Gasteiger partial charge in [0.2, 0.25) is 0 Å². The number of carbonyl (C=O) groups is 2. The van der Waals surface area contributed by atoms with Crippen LogP contribution in [0.15, 0.2) is 10.9 Å². The molecule has 8 nitrogen and oxygen atoms in total. The first-order valence-corrected chi connectivity index (χ1v) is 6.98. The Balaban J connectivity index is 2.17. The predicted octanol–water partition coefficient (Wildman–Crippen LogP) is 0.0886. The zero-order valence-electron chi connectivity index (χ0n) is 12.9. The Morgan fingerprint density at radius 3 is 2.64 bits per heavy atom. The van der Waals surface area contributed by atoms with Crippen LogP contribution in [0.1, 0.15) is 40.4 Å². The second-order valence-corrected chi connectivity index (χ2v) is 5.84. The van der Waals surface area contributed by atoms with E-state index in [1.165, 1.54) is 11.0 Å². The molecule has 0 bridgehead atoms. The van der Waals surface area contributed by atoms with Crippen molar-refractivity contribution in [3.8, 4) is 0 Å². The Hall–Kier alpha value is -2.64. The van der Waals surface area contributed by atoms with Crippen LogP contribution in [0, 0.1) is 0 Å². The summed E-state index contributed by atoms with van der Waals surface area (Å²) in [7, 11) is 3.22. The lowest BCUT2D eigenvalue weighted by Crippen LogP contribution is -2.31. The van der Waals surface area contributed by atoms with Gasteiger partial charge in [-0.2, -0.15) is 9.61 Å². The third-order valence-corrected chi connectivity index (χ3v) is 3.77. The van der Waals surface area contributed by atoms with Gasteiger partial charge in [-0.05, 0) is 13.8 Å². The number of hydrogen-bond acceptors (Lipinski definition) is 4. The molecule has 2 aromatic rings. The number of aromatic nitrogens is 3. The molecule has 0 saturated carbocycles. The van der Waals surface area contributed by atoms with E-state index in [9.17, 15) is 14.4 Å². The first kappa shape index (κ1) is 14.3. The highest BCUT2D eigenvalue weighted by Gasteiger charge is 2.33. The predicted molar refractivity (Wildman–Crippen MR) is 78.8 cm³/mol. The number of H-pyrrole nitrogens is 1. The van der Waals surface area contributed by atoms with E-state index in [0.717, 1.165) is 4.52 Å². The van der Waals surface area contributed by atoms with Gasteiger partial charge in [0, 0.05) is 26.2 Å². The van der Waals surface area contributed by atoms with E-state index in [1.54, 1.807) is 19.0 Å². The van der Waals surface area contributed by atoms with Crippen LogP contribution in [-0.2, 0) is 6.54 Å². The van der Waals surface area contributed by atoms with Crippen LogP contribution in [0.5, 0.6) is 0 Å². The van der Waals surface area contributed by atoms with Crippen molar-refractivity contribution >= 4 is 17.5 Å². The molecule has 22 heavy (non-hydrogen) atoms. The molecule has 2 amide bonds. The second-order valence-electron chi connectivity index (χ2n) is 5.84. The van der Waals surface area contributed by atoms with Gasteiger partial charge in [0.05, 0.1) is 12.1 Å². The molecular weight excluding hydrogens is 286 g/mol. The maximum atomic E-state index is 12.5. The molecule has 0 saturated heterocycles. The lowest BCUT2D eigenvalue weighted by molar-refractivity contribution is 0.0726. The zero-order valence-corrected chi connectivity index (χ0v) is 12.9. The molecule has 1 aliphatic heterocycles. The maximum absolute atomic E-state index is 12.5. The lowest BCUT2D eigenvalue weighted by Gasteiger charge is -2.19. The van der Waals surface area contributed by atoms with E-state index >= 15 is 0 Å². The first-order chi connectivity index (χ1) is 10.3. The molecule has 0 fully saturated rings. The SMILES string of the molecule is CC(C)N1Cc2c([nH]c3cc(C(=O)N(C)C)nn3c2=O)C1=O. The topological polar surface area (TPSA) is 90.8 Å². The van der Waals surface area contributed by atoms with Crippen molar-refractivity contribution in [3.05, 3.63) is 33.4 Å². The van der Waals surface area contributed by atoms with Crippen molar-refractivity contribution in [3.63, 3.8) is 0 Å². The molecule has 3 heterocycles. The molecule has 0 aliphatic carbocycles. The molecule has 0 atom stereocenters. The summed E-state index contributed by atoms with van der Waals surface area (Å²) >= 11 is 0. The van der Waals surface area contributed by atoms with Crippen molar-refractivity contribution in [2.75, 3.05) is 14.1 Å². The van der Waals surface area contributed by atoms with Crippen LogP contribution < -0.4 is 5.56 Å². The number of aromatic amines is 1. The zero-order chi connectivity index (χ0) is 16.2. The largest absolute Gasteiger partial charge is 0.343 e. The molecule has 0 aromatic carbocycles. The summed E-state index contributed by atoms with van der Waals surface area (Å²) < 4.78 is 1.15. The highest BCUT2D eigenvalue weighted by Crippen LogP contribution is 2.21. The summed E-state index contributed by atoms with van der Waals surface area (Å²) in [6.07, 6.45) is 0. The molecule has 3 rings (SSSR count). The summed E-state index contributed by atoms with van der Waals surface area (Å²) in [5.74, 6) is -0.502. The van der Waals surface area contributed by atoms with Crippen molar-refractivity contribution in [1.29, 1.82) is 0 Å². The minimum absolute atomic E-state index is 0.00546. The smallest absolute Gasteiger partial charge is 0.280 e. The summed E-state index contributed by atoms with van der Waals surface area (Å²) in [4.78, 5) is 42.7. The maximum Gasteiger partial charge on any atom is 0.280 e. The number of carbonyl (C=O) groups excluding carboxylic acids is 2. The van der Waals surface area contributed by atoms with E-state index in [-0.39, 0.29) is 41.3 Å². The fourth-order valence-corrected chi connectivity index (χ4v) is 2.53. The van der Waals surface area contributed by atoms with E-state index in [2.05, 4.69) is 10.1 Å². The molecular formula is C14H17N5O3. The van der Waals surface area contributed by atoms with Crippen LogP contribution in [-0.4, -0.2) is 56.3 Å². The van der Waals surface area contributed by atoms with Crippen LogP contribution in [0.4, 0.5) is 0 Å². The van der Waals surface area contributed by atoms with Gasteiger partial charge in [-0.3, -0.25) is 14.4 Å². The van der Waals surface area contributed by atoms with Crippen molar-refractivity contribution in [2.45, 2.75) is 26.4 Å². The van der Waals surface area contributed by atoms with Gasteiger partial charge < -0.3 is 14.8 Å². The Morgan fingerprint density at radius 1 is 1.36 bits per heavy atom. The van der Waals surface area contributed by atoms with Gasteiger partial charge in [-0.25, -0.2) is 0 Å². The third kappa shape index (κ3) is 1.91. The molecule has 2 aromatic heterocycles. The average molecular weight is 303 g/mol. The lowest BCUT2D eigenvalue weighted by atomic mass is 10.2. The minimum atomic E-state index is -0.363. The van der Waals surface area contributed by atoms with E-state index in [1.807, 2.05) is 13.8 Å². The Bertz CT molecular complexity index is 846. The Morgan fingerprint density at radius 2 is 2.05 bits per heavy atom. The quantitative estimate of drug-likeness (QED) is 0.851.